The monoisotopic (exact) mass is 286 g/mol. The Balaban J connectivity index is 2.88. The number of hydrogen-bond acceptors (Lipinski definition) is 3. The smallest absolute Gasteiger partial charge is 0.316 e. The molecule has 0 aliphatic heterocycles. The maximum Gasteiger partial charge on any atom is 0.316 e. The van der Waals surface area contributed by atoms with Crippen LogP contribution in [-0.2, 0) is 20.7 Å². The van der Waals surface area contributed by atoms with Gasteiger partial charge in [-0.3, -0.25) is 9.59 Å². The highest BCUT2D eigenvalue weighted by atomic mass is 16.5. The zero-order valence-corrected chi connectivity index (χ0v) is 12.9. The molecule has 21 heavy (non-hydrogen) atoms. The molecule has 0 aliphatic carbocycles. The van der Waals surface area contributed by atoms with Gasteiger partial charge in [-0.2, -0.15) is 0 Å². The largest absolute Gasteiger partial charge is 0.468 e. The maximum atomic E-state index is 12.2. The second kappa shape index (κ2) is 8.23. The fourth-order valence-corrected chi connectivity index (χ4v) is 2.14. The average Bonchev–Trinajstić information content (AvgIpc) is 2.50. The molecule has 1 unspecified atom stereocenters. The normalized spacial score (nSPS) is 11.6. The van der Waals surface area contributed by atoms with E-state index in [9.17, 15) is 9.59 Å². The molecule has 0 saturated carbocycles. The molecule has 0 saturated heterocycles. The van der Waals surface area contributed by atoms with E-state index in [1.165, 1.54) is 7.11 Å². The van der Waals surface area contributed by atoms with Crippen LogP contribution in [0, 0.1) is 11.8 Å². The summed E-state index contributed by atoms with van der Waals surface area (Å²) in [5.41, 5.74) is 4.80. The topological polar surface area (TPSA) is 43.4 Å². The van der Waals surface area contributed by atoms with Gasteiger partial charge < -0.3 is 4.74 Å². The summed E-state index contributed by atoms with van der Waals surface area (Å²) in [5.74, 6) is -1.59. The number of hydrogen-bond donors (Lipinski definition) is 0. The molecule has 0 fully saturated rings. The molecule has 0 N–H and O–H groups in total. The van der Waals surface area contributed by atoms with E-state index in [1.54, 1.807) is 13.8 Å². The Morgan fingerprint density at radius 1 is 1.24 bits per heavy atom. The number of rotatable bonds is 7. The van der Waals surface area contributed by atoms with Crippen molar-refractivity contribution >= 4 is 11.8 Å². The van der Waals surface area contributed by atoms with E-state index in [1.807, 2.05) is 30.3 Å². The van der Waals surface area contributed by atoms with Gasteiger partial charge in [-0.05, 0) is 17.6 Å². The summed E-state index contributed by atoms with van der Waals surface area (Å²) in [7, 11) is 1.30. The molecule has 1 atom stereocenters. The lowest BCUT2D eigenvalue weighted by Gasteiger charge is -2.16. The molecule has 3 heteroatoms. The minimum absolute atomic E-state index is 0.109. The number of benzene rings is 1. The first-order chi connectivity index (χ1) is 9.99. The molecule has 1 aromatic carbocycles. The predicted molar refractivity (Wildman–Crippen MR) is 82.8 cm³/mol. The van der Waals surface area contributed by atoms with Crippen LogP contribution in [-0.4, -0.2) is 18.9 Å². The summed E-state index contributed by atoms with van der Waals surface area (Å²) >= 11 is 0. The highest BCUT2D eigenvalue weighted by molar-refractivity contribution is 6.00. The van der Waals surface area contributed by atoms with Crippen molar-refractivity contribution in [1.82, 2.24) is 0 Å². The van der Waals surface area contributed by atoms with Crippen molar-refractivity contribution in [2.24, 2.45) is 11.8 Å². The Morgan fingerprint density at radius 3 is 2.33 bits per heavy atom. The van der Waals surface area contributed by atoms with Gasteiger partial charge in [0.25, 0.3) is 0 Å². The Kier molecular flexibility index (Phi) is 6.64. The Labute approximate surface area is 126 Å². The second-order valence-electron chi connectivity index (χ2n) is 5.28. The Hall–Kier alpha value is -2.12. The van der Waals surface area contributed by atoms with Gasteiger partial charge in [0, 0.05) is 12.3 Å². The van der Waals surface area contributed by atoms with Crippen LogP contribution in [0.4, 0.5) is 0 Å². The first kappa shape index (κ1) is 16.9. The van der Waals surface area contributed by atoms with Crippen molar-refractivity contribution in [3.8, 4) is 0 Å². The van der Waals surface area contributed by atoms with Crippen molar-refractivity contribution in [3.05, 3.63) is 53.8 Å². The molecule has 0 radical (unpaired) electrons. The first-order valence-corrected chi connectivity index (χ1v) is 7.02. The number of ether oxygens (including phenoxy) is 1. The molecule has 1 rings (SSSR count). The van der Waals surface area contributed by atoms with Crippen molar-refractivity contribution in [3.63, 3.8) is 0 Å². The number of esters is 1. The minimum Gasteiger partial charge on any atom is -0.468 e. The average molecular weight is 286 g/mol. The molecule has 0 aromatic heterocycles. The van der Waals surface area contributed by atoms with Gasteiger partial charge >= 0.3 is 5.97 Å². The lowest BCUT2D eigenvalue weighted by molar-refractivity contribution is -0.150. The van der Waals surface area contributed by atoms with E-state index >= 15 is 0 Å². The number of carbonyl (C=O) groups is 2. The van der Waals surface area contributed by atoms with Crippen LogP contribution in [0.3, 0.4) is 0 Å². The molecular weight excluding hydrogens is 264 g/mol. The number of methoxy groups -OCH3 is 1. The third-order valence-corrected chi connectivity index (χ3v) is 3.36. The van der Waals surface area contributed by atoms with E-state index in [-0.39, 0.29) is 11.7 Å². The van der Waals surface area contributed by atoms with Crippen LogP contribution in [0.5, 0.6) is 0 Å². The molecule has 0 spiro atoms. The predicted octanol–water partition coefficient (Wildman–Crippen LogP) is 3.34. The minimum atomic E-state index is -0.775. The number of allylic oxidation sites excluding steroid dienone is 1. The van der Waals surface area contributed by atoms with Crippen LogP contribution in [0.25, 0.3) is 0 Å². The fourth-order valence-electron chi connectivity index (χ4n) is 2.14. The van der Waals surface area contributed by atoms with Crippen molar-refractivity contribution in [1.29, 1.82) is 0 Å². The van der Waals surface area contributed by atoms with Gasteiger partial charge in [-0.1, -0.05) is 50.8 Å². The molecule has 3 nitrogen and oxygen atoms in total. The number of ketones is 1. The van der Waals surface area contributed by atoms with E-state index in [0.29, 0.717) is 12.8 Å². The number of carbonyl (C=O) groups excluding carboxylic acids is 2. The van der Waals surface area contributed by atoms with Gasteiger partial charge in [0.1, 0.15) is 11.7 Å². The highest BCUT2D eigenvalue weighted by Crippen LogP contribution is 2.20. The molecule has 0 bridgehead atoms. The van der Waals surface area contributed by atoms with Crippen molar-refractivity contribution in [2.45, 2.75) is 26.7 Å². The molecule has 0 heterocycles. The summed E-state index contributed by atoms with van der Waals surface area (Å²) < 4.78 is 4.76. The zero-order chi connectivity index (χ0) is 15.8. The van der Waals surface area contributed by atoms with Crippen molar-refractivity contribution < 1.29 is 14.3 Å². The van der Waals surface area contributed by atoms with Gasteiger partial charge in [0.15, 0.2) is 0 Å². The maximum absolute atomic E-state index is 12.2. The summed E-state index contributed by atoms with van der Waals surface area (Å²) in [6.07, 6.45) is 0.936. The molecular formula is C18H22O3. The quantitative estimate of drug-likeness (QED) is 0.438. The van der Waals surface area contributed by atoms with Gasteiger partial charge in [0.05, 0.1) is 7.11 Å². The van der Waals surface area contributed by atoms with Crippen LogP contribution < -0.4 is 0 Å². The van der Waals surface area contributed by atoms with Crippen LogP contribution in [0.1, 0.15) is 25.8 Å². The number of Topliss-reactive ketones (excluding diaryl/α,β-unsaturated/α-hetero) is 1. The Bertz CT molecular complexity index is 537. The van der Waals surface area contributed by atoms with Crippen LogP contribution >= 0.6 is 0 Å². The summed E-state index contributed by atoms with van der Waals surface area (Å²) in [4.78, 5) is 24.0. The van der Waals surface area contributed by atoms with Crippen molar-refractivity contribution in [2.75, 3.05) is 7.11 Å². The van der Waals surface area contributed by atoms with Gasteiger partial charge in [-0.15, -0.1) is 5.73 Å². The summed E-state index contributed by atoms with van der Waals surface area (Å²) in [5, 5.41) is 0. The molecule has 0 amide bonds. The third kappa shape index (κ3) is 5.05. The molecule has 1 aromatic rings. The fraction of sp³-hybridized carbons (Fsp3) is 0.389. The molecule has 0 aliphatic rings. The standard InChI is InChI=1S/C18H22O3/c1-5-14(11-15-9-7-6-8-10-15)12-16(18(20)21-4)17(19)13(2)3/h6-10,13,16H,1,11-12H2,2-4H3. The van der Waals surface area contributed by atoms with E-state index in [0.717, 1.165) is 11.1 Å². The van der Waals surface area contributed by atoms with E-state index < -0.39 is 11.9 Å². The summed E-state index contributed by atoms with van der Waals surface area (Å²) in [6, 6.07) is 9.84. The van der Waals surface area contributed by atoms with E-state index in [4.69, 9.17) is 4.74 Å². The SMILES string of the molecule is C=C=C(Cc1ccccc1)CC(C(=O)OC)C(=O)C(C)C. The first-order valence-electron chi connectivity index (χ1n) is 7.02. The zero-order valence-electron chi connectivity index (χ0n) is 12.9. The van der Waals surface area contributed by atoms with E-state index in [2.05, 4.69) is 12.3 Å². The Morgan fingerprint density at radius 2 is 1.86 bits per heavy atom. The summed E-state index contributed by atoms with van der Waals surface area (Å²) in [6.45, 7) is 7.24. The third-order valence-electron chi connectivity index (χ3n) is 3.36. The van der Waals surface area contributed by atoms with Crippen LogP contribution in [0.2, 0.25) is 0 Å². The lowest BCUT2D eigenvalue weighted by Crippen LogP contribution is -2.29. The molecule has 112 valence electrons. The lowest BCUT2D eigenvalue weighted by atomic mass is 9.88. The van der Waals surface area contributed by atoms with Gasteiger partial charge in [0.2, 0.25) is 0 Å². The van der Waals surface area contributed by atoms with Gasteiger partial charge in [-0.25, -0.2) is 0 Å². The highest BCUT2D eigenvalue weighted by Gasteiger charge is 2.30. The van der Waals surface area contributed by atoms with Crippen LogP contribution in [0.15, 0.2) is 48.2 Å². The second-order valence-corrected chi connectivity index (χ2v) is 5.28.